The number of rotatable bonds is 4. The number of ether oxygens (including phenoxy) is 1. The van der Waals surface area contributed by atoms with Gasteiger partial charge < -0.3 is 9.84 Å². The van der Waals surface area contributed by atoms with Crippen molar-refractivity contribution in [1.82, 2.24) is 0 Å². The molecule has 0 atom stereocenters. The lowest BCUT2D eigenvalue weighted by Gasteiger charge is -2.10. The molecular weight excluding hydrogens is 285 g/mol. The Labute approximate surface area is 115 Å². The lowest BCUT2D eigenvalue weighted by atomic mass is 10.3. The molecule has 0 saturated heterocycles. The fourth-order valence-corrected chi connectivity index (χ4v) is 2.68. The summed E-state index contributed by atoms with van der Waals surface area (Å²) in [5.41, 5.74) is 0.159. The molecule has 106 valence electrons. The molecule has 0 radical (unpaired) electrons. The summed E-state index contributed by atoms with van der Waals surface area (Å²) in [5, 5.41) is 9.30. The molecule has 0 saturated carbocycles. The fraction of sp³-hybridized carbons (Fsp3) is 0.0769. The second-order valence-corrected chi connectivity index (χ2v) is 5.63. The molecule has 0 aromatic heterocycles. The van der Waals surface area contributed by atoms with Gasteiger partial charge in [0.1, 0.15) is 5.75 Å². The van der Waals surface area contributed by atoms with Crippen molar-refractivity contribution >= 4 is 15.7 Å². The Morgan fingerprint density at radius 1 is 1.20 bits per heavy atom. The van der Waals surface area contributed by atoms with E-state index in [0.717, 1.165) is 12.1 Å². The van der Waals surface area contributed by atoms with Crippen LogP contribution in [0.25, 0.3) is 0 Å². The van der Waals surface area contributed by atoms with Crippen LogP contribution in [0, 0.1) is 5.82 Å². The van der Waals surface area contributed by atoms with Crippen LogP contribution in [-0.4, -0.2) is 20.6 Å². The van der Waals surface area contributed by atoms with Gasteiger partial charge in [-0.1, -0.05) is 6.07 Å². The number of hydrogen-bond donors (Lipinski definition) is 2. The number of phenols is 1. The highest BCUT2D eigenvalue weighted by Crippen LogP contribution is 2.24. The molecule has 0 aliphatic carbocycles. The largest absolute Gasteiger partial charge is 0.508 e. The highest BCUT2D eigenvalue weighted by atomic mass is 32.2. The van der Waals surface area contributed by atoms with Crippen molar-refractivity contribution in [1.29, 1.82) is 0 Å². The average Bonchev–Trinajstić information content (AvgIpc) is 2.40. The first-order valence-electron chi connectivity index (χ1n) is 5.58. The van der Waals surface area contributed by atoms with E-state index in [1.54, 1.807) is 0 Å². The quantitative estimate of drug-likeness (QED) is 0.908. The average molecular weight is 297 g/mol. The molecule has 20 heavy (non-hydrogen) atoms. The fourth-order valence-electron chi connectivity index (χ4n) is 1.59. The molecule has 0 heterocycles. The van der Waals surface area contributed by atoms with Crippen molar-refractivity contribution in [3.63, 3.8) is 0 Å². The normalized spacial score (nSPS) is 11.1. The summed E-state index contributed by atoms with van der Waals surface area (Å²) in [5.74, 6) is -0.821. The monoisotopic (exact) mass is 297 g/mol. The molecule has 0 fully saturated rings. The maximum atomic E-state index is 13.2. The van der Waals surface area contributed by atoms with Crippen molar-refractivity contribution in [3.05, 3.63) is 48.3 Å². The summed E-state index contributed by atoms with van der Waals surface area (Å²) in [6.07, 6.45) is 0. The van der Waals surface area contributed by atoms with E-state index in [2.05, 4.69) is 4.72 Å². The number of benzene rings is 2. The zero-order chi connectivity index (χ0) is 14.8. The van der Waals surface area contributed by atoms with Gasteiger partial charge in [-0.25, -0.2) is 12.8 Å². The first kappa shape index (κ1) is 14.1. The Morgan fingerprint density at radius 2 is 1.95 bits per heavy atom. The molecule has 2 rings (SSSR count). The Kier molecular flexibility index (Phi) is 3.80. The van der Waals surface area contributed by atoms with Crippen LogP contribution in [0.3, 0.4) is 0 Å². The number of sulfonamides is 1. The third-order valence-corrected chi connectivity index (χ3v) is 3.91. The van der Waals surface area contributed by atoms with Crippen LogP contribution in [0.15, 0.2) is 47.4 Å². The van der Waals surface area contributed by atoms with E-state index in [4.69, 9.17) is 4.74 Å². The van der Waals surface area contributed by atoms with Crippen molar-refractivity contribution in [2.75, 3.05) is 11.8 Å². The van der Waals surface area contributed by atoms with Gasteiger partial charge in [0.2, 0.25) is 0 Å². The van der Waals surface area contributed by atoms with Gasteiger partial charge in [-0.3, -0.25) is 4.72 Å². The minimum atomic E-state index is -3.86. The Hall–Kier alpha value is -2.28. The molecule has 0 unspecified atom stereocenters. The number of anilines is 1. The van der Waals surface area contributed by atoms with Crippen LogP contribution in [0.5, 0.6) is 11.5 Å². The van der Waals surface area contributed by atoms with E-state index in [1.165, 1.54) is 37.4 Å². The lowest BCUT2D eigenvalue weighted by molar-refractivity contribution is 0.387. The maximum absolute atomic E-state index is 13.2. The van der Waals surface area contributed by atoms with Crippen LogP contribution in [0.2, 0.25) is 0 Å². The molecule has 2 aromatic carbocycles. The smallest absolute Gasteiger partial charge is 0.262 e. The highest BCUT2D eigenvalue weighted by molar-refractivity contribution is 7.92. The van der Waals surface area contributed by atoms with Gasteiger partial charge in [0.05, 0.1) is 17.7 Å². The number of phenolic OH excluding ortho intramolecular Hbond substituents is 1. The molecule has 0 aliphatic rings. The van der Waals surface area contributed by atoms with Crippen LogP contribution in [-0.2, 0) is 10.0 Å². The summed E-state index contributed by atoms with van der Waals surface area (Å²) in [6.45, 7) is 0. The van der Waals surface area contributed by atoms with Crippen molar-refractivity contribution < 1.29 is 22.7 Å². The van der Waals surface area contributed by atoms with Gasteiger partial charge in [-0.2, -0.15) is 0 Å². The van der Waals surface area contributed by atoms with Gasteiger partial charge in [-0.15, -0.1) is 0 Å². The van der Waals surface area contributed by atoms with Crippen LogP contribution in [0.4, 0.5) is 10.1 Å². The number of methoxy groups -OCH3 is 1. The van der Waals surface area contributed by atoms with Crippen molar-refractivity contribution in [2.45, 2.75) is 4.90 Å². The summed E-state index contributed by atoms with van der Waals surface area (Å²) in [4.78, 5) is -0.0965. The lowest BCUT2D eigenvalue weighted by Crippen LogP contribution is -2.13. The van der Waals surface area contributed by atoms with Gasteiger partial charge >= 0.3 is 0 Å². The molecule has 0 aliphatic heterocycles. The van der Waals surface area contributed by atoms with Gasteiger partial charge in [0.15, 0.2) is 11.6 Å². The van der Waals surface area contributed by atoms with Crippen LogP contribution >= 0.6 is 0 Å². The predicted molar refractivity (Wildman–Crippen MR) is 71.9 cm³/mol. The zero-order valence-corrected chi connectivity index (χ0v) is 11.3. The topological polar surface area (TPSA) is 75.6 Å². The third kappa shape index (κ3) is 3.00. The van der Waals surface area contributed by atoms with E-state index in [0.29, 0.717) is 0 Å². The van der Waals surface area contributed by atoms with E-state index < -0.39 is 15.8 Å². The Bertz CT molecular complexity index is 731. The summed E-state index contributed by atoms with van der Waals surface area (Å²) in [6, 6.07) is 8.83. The SMILES string of the molecule is COc1cc(NS(=O)(=O)c2cccc(O)c2)ccc1F. The number of halogens is 1. The molecule has 7 heteroatoms. The Balaban J connectivity index is 2.33. The molecule has 0 amide bonds. The van der Waals surface area contributed by atoms with Crippen molar-refractivity contribution in [3.8, 4) is 11.5 Å². The number of aromatic hydroxyl groups is 1. The van der Waals surface area contributed by atoms with Gasteiger partial charge in [0.25, 0.3) is 10.0 Å². The minimum absolute atomic E-state index is 0.0684. The van der Waals surface area contributed by atoms with Gasteiger partial charge in [0, 0.05) is 12.1 Å². The summed E-state index contributed by atoms with van der Waals surface area (Å²) in [7, 11) is -2.58. The van der Waals surface area contributed by atoms with Crippen LogP contribution < -0.4 is 9.46 Å². The second kappa shape index (κ2) is 5.38. The zero-order valence-electron chi connectivity index (χ0n) is 10.5. The van der Waals surface area contributed by atoms with E-state index in [9.17, 15) is 17.9 Å². The first-order chi connectivity index (χ1) is 9.42. The predicted octanol–water partition coefficient (Wildman–Crippen LogP) is 2.34. The highest BCUT2D eigenvalue weighted by Gasteiger charge is 2.15. The standard InChI is InChI=1S/C13H12FNO4S/c1-19-13-7-9(5-6-12(13)14)15-20(17,18)11-4-2-3-10(16)8-11/h2-8,15-16H,1H3. The first-order valence-corrected chi connectivity index (χ1v) is 7.06. The molecule has 2 N–H and O–H groups in total. The molecule has 2 aromatic rings. The number of nitrogens with one attached hydrogen (secondary N) is 1. The van der Waals surface area contributed by atoms with E-state index >= 15 is 0 Å². The van der Waals surface area contributed by atoms with Crippen molar-refractivity contribution in [2.24, 2.45) is 0 Å². The third-order valence-electron chi connectivity index (χ3n) is 2.53. The minimum Gasteiger partial charge on any atom is -0.508 e. The van der Waals surface area contributed by atoms with Gasteiger partial charge in [-0.05, 0) is 24.3 Å². The summed E-state index contributed by atoms with van der Waals surface area (Å²) >= 11 is 0. The molecule has 0 bridgehead atoms. The number of hydrogen-bond acceptors (Lipinski definition) is 4. The van der Waals surface area contributed by atoms with E-state index in [-0.39, 0.29) is 22.1 Å². The van der Waals surface area contributed by atoms with Crippen LogP contribution in [0.1, 0.15) is 0 Å². The molecular formula is C13H12FNO4S. The van der Waals surface area contributed by atoms with E-state index in [1.807, 2.05) is 0 Å². The molecule has 0 spiro atoms. The Morgan fingerprint density at radius 3 is 2.60 bits per heavy atom. The summed E-state index contributed by atoms with van der Waals surface area (Å²) < 4.78 is 44.5. The second-order valence-electron chi connectivity index (χ2n) is 3.95. The molecule has 5 nitrogen and oxygen atoms in total. The maximum Gasteiger partial charge on any atom is 0.262 e.